The third-order valence-corrected chi connectivity index (χ3v) is 5.66. The predicted octanol–water partition coefficient (Wildman–Crippen LogP) is 4.11. The van der Waals surface area contributed by atoms with Crippen LogP contribution < -0.4 is 10.2 Å². The molecule has 0 spiro atoms. The van der Waals surface area contributed by atoms with Crippen molar-refractivity contribution in [2.75, 3.05) is 4.90 Å². The topological polar surface area (TPSA) is 88.3 Å². The number of hydrogen-bond acceptors (Lipinski definition) is 6. The molecule has 2 aromatic heterocycles. The molecular formula is C21H21FN4O3S. The molecule has 3 aromatic rings. The average Bonchev–Trinajstić information content (AvgIpc) is 3.46. The van der Waals surface area contributed by atoms with E-state index in [2.05, 4.69) is 14.9 Å². The van der Waals surface area contributed by atoms with Crippen LogP contribution in [0.5, 0.6) is 0 Å². The number of nitrogens with one attached hydrogen (secondary N) is 1. The van der Waals surface area contributed by atoms with Crippen molar-refractivity contribution in [3.05, 3.63) is 65.3 Å². The van der Waals surface area contributed by atoms with E-state index < -0.39 is 17.8 Å². The van der Waals surface area contributed by atoms with Crippen LogP contribution in [0.1, 0.15) is 54.4 Å². The van der Waals surface area contributed by atoms with Crippen molar-refractivity contribution in [2.24, 2.45) is 0 Å². The molecule has 1 N–H and O–H groups in total. The number of amides is 2. The van der Waals surface area contributed by atoms with Crippen LogP contribution in [-0.2, 0) is 4.79 Å². The summed E-state index contributed by atoms with van der Waals surface area (Å²) in [5.41, 5.74) is 0.305. The largest absolute Gasteiger partial charge is 0.467 e. The number of aromatic nitrogens is 2. The number of hydrogen-bond donors (Lipinski definition) is 1. The van der Waals surface area contributed by atoms with E-state index in [1.807, 2.05) is 0 Å². The van der Waals surface area contributed by atoms with Gasteiger partial charge in [0.2, 0.25) is 0 Å². The van der Waals surface area contributed by atoms with Gasteiger partial charge in [-0.05, 0) is 54.7 Å². The van der Waals surface area contributed by atoms with Crippen LogP contribution in [0.25, 0.3) is 0 Å². The van der Waals surface area contributed by atoms with Crippen LogP contribution in [0, 0.1) is 5.82 Å². The van der Waals surface area contributed by atoms with E-state index in [4.69, 9.17) is 4.42 Å². The van der Waals surface area contributed by atoms with Crippen molar-refractivity contribution in [3.8, 4) is 0 Å². The summed E-state index contributed by atoms with van der Waals surface area (Å²) in [6.07, 6.45) is 6.47. The van der Waals surface area contributed by atoms with Gasteiger partial charge in [0, 0.05) is 17.1 Å². The highest BCUT2D eigenvalue weighted by atomic mass is 32.1. The molecule has 1 atom stereocenters. The molecule has 0 radical (unpaired) electrons. The molecule has 0 saturated heterocycles. The first-order chi connectivity index (χ1) is 14.6. The van der Waals surface area contributed by atoms with Crippen LogP contribution >= 0.6 is 11.5 Å². The highest BCUT2D eigenvalue weighted by Crippen LogP contribution is 2.31. The molecule has 0 unspecified atom stereocenters. The van der Waals surface area contributed by atoms with Gasteiger partial charge in [-0.3, -0.25) is 14.5 Å². The fourth-order valence-corrected chi connectivity index (χ4v) is 4.17. The van der Waals surface area contributed by atoms with Gasteiger partial charge in [-0.2, -0.15) is 0 Å². The first-order valence-electron chi connectivity index (χ1n) is 9.83. The molecule has 7 nitrogen and oxygen atoms in total. The predicted molar refractivity (Wildman–Crippen MR) is 110 cm³/mol. The summed E-state index contributed by atoms with van der Waals surface area (Å²) >= 11 is 1.02. The zero-order valence-electron chi connectivity index (χ0n) is 16.2. The van der Waals surface area contributed by atoms with E-state index in [0.29, 0.717) is 0 Å². The van der Waals surface area contributed by atoms with Gasteiger partial charge in [0.1, 0.15) is 11.6 Å². The molecule has 1 aliphatic rings. The van der Waals surface area contributed by atoms with Gasteiger partial charge >= 0.3 is 0 Å². The Morgan fingerprint density at radius 2 is 2.03 bits per heavy atom. The highest BCUT2D eigenvalue weighted by molar-refractivity contribution is 7.03. The van der Waals surface area contributed by atoms with E-state index in [-0.39, 0.29) is 29.1 Å². The Bertz CT molecular complexity index is 988. The maximum Gasteiger partial charge on any atom is 0.280 e. The SMILES string of the molecule is O=C(NC1CCCCC1)[C@H](c1ccco1)N(C(=O)c1csnn1)c1cccc(F)c1. The Morgan fingerprint density at radius 3 is 2.70 bits per heavy atom. The van der Waals surface area contributed by atoms with Gasteiger partial charge in [-0.1, -0.05) is 29.8 Å². The van der Waals surface area contributed by atoms with Crippen LogP contribution in [0.4, 0.5) is 10.1 Å². The maximum atomic E-state index is 14.0. The zero-order chi connectivity index (χ0) is 20.9. The Labute approximate surface area is 177 Å². The summed E-state index contributed by atoms with van der Waals surface area (Å²) in [5.74, 6) is -1.18. The van der Waals surface area contributed by atoms with Crippen molar-refractivity contribution in [3.63, 3.8) is 0 Å². The number of halogens is 1. The van der Waals surface area contributed by atoms with Crippen molar-refractivity contribution in [1.82, 2.24) is 14.9 Å². The number of furan rings is 1. The summed E-state index contributed by atoms with van der Waals surface area (Å²) in [5, 5.41) is 8.39. The molecule has 9 heteroatoms. The summed E-state index contributed by atoms with van der Waals surface area (Å²) in [7, 11) is 0. The lowest BCUT2D eigenvalue weighted by Crippen LogP contribution is -2.47. The number of anilines is 1. The molecule has 1 aliphatic carbocycles. The van der Waals surface area contributed by atoms with Gasteiger partial charge in [0.05, 0.1) is 6.26 Å². The second-order valence-electron chi connectivity index (χ2n) is 7.21. The number of rotatable bonds is 6. The number of benzene rings is 1. The lowest BCUT2D eigenvalue weighted by molar-refractivity contribution is -0.123. The molecule has 2 amide bonds. The smallest absolute Gasteiger partial charge is 0.280 e. The maximum absolute atomic E-state index is 14.0. The summed E-state index contributed by atoms with van der Waals surface area (Å²) in [4.78, 5) is 27.9. The molecule has 1 saturated carbocycles. The number of carbonyl (C=O) groups is 2. The normalized spacial score (nSPS) is 15.5. The van der Waals surface area contributed by atoms with Gasteiger partial charge in [0.15, 0.2) is 11.7 Å². The molecule has 30 heavy (non-hydrogen) atoms. The quantitative estimate of drug-likeness (QED) is 0.638. The van der Waals surface area contributed by atoms with Crippen molar-refractivity contribution >= 4 is 29.0 Å². The minimum absolute atomic E-state index is 0.0362. The highest BCUT2D eigenvalue weighted by Gasteiger charge is 2.37. The van der Waals surface area contributed by atoms with Crippen molar-refractivity contribution in [1.29, 1.82) is 0 Å². The Kier molecular flexibility index (Phi) is 6.18. The van der Waals surface area contributed by atoms with E-state index in [1.165, 1.54) is 34.7 Å². The molecule has 4 rings (SSSR count). The van der Waals surface area contributed by atoms with E-state index in [1.54, 1.807) is 18.2 Å². The van der Waals surface area contributed by atoms with Gasteiger partial charge < -0.3 is 9.73 Å². The summed E-state index contributed by atoms with van der Waals surface area (Å²) in [6, 6.07) is 7.75. The summed E-state index contributed by atoms with van der Waals surface area (Å²) < 4.78 is 23.3. The van der Waals surface area contributed by atoms with Crippen LogP contribution in [-0.4, -0.2) is 27.4 Å². The monoisotopic (exact) mass is 428 g/mol. The van der Waals surface area contributed by atoms with Crippen LogP contribution in [0.3, 0.4) is 0 Å². The molecule has 2 heterocycles. The van der Waals surface area contributed by atoms with Crippen molar-refractivity contribution < 1.29 is 18.4 Å². The molecule has 0 aliphatic heterocycles. The number of nitrogens with zero attached hydrogens (tertiary/aromatic N) is 3. The lowest BCUT2D eigenvalue weighted by atomic mass is 9.95. The molecule has 0 bridgehead atoms. The second kappa shape index (κ2) is 9.17. The molecule has 156 valence electrons. The van der Waals surface area contributed by atoms with Crippen LogP contribution in [0.15, 0.2) is 52.5 Å². The van der Waals surface area contributed by atoms with E-state index in [0.717, 1.165) is 43.6 Å². The summed E-state index contributed by atoms with van der Waals surface area (Å²) in [6.45, 7) is 0. The molecule has 1 fully saturated rings. The Balaban J connectivity index is 1.74. The third-order valence-electron chi connectivity index (χ3n) is 5.16. The Hall–Kier alpha value is -3.07. The van der Waals surface area contributed by atoms with Crippen LogP contribution in [0.2, 0.25) is 0 Å². The second-order valence-corrected chi connectivity index (χ2v) is 7.82. The van der Waals surface area contributed by atoms with E-state index >= 15 is 0 Å². The zero-order valence-corrected chi connectivity index (χ0v) is 17.0. The minimum Gasteiger partial charge on any atom is -0.467 e. The molecule has 1 aromatic carbocycles. The first kappa shape index (κ1) is 20.2. The fourth-order valence-electron chi connectivity index (χ4n) is 3.74. The van der Waals surface area contributed by atoms with Crippen molar-refractivity contribution in [2.45, 2.75) is 44.2 Å². The first-order valence-corrected chi connectivity index (χ1v) is 10.7. The lowest BCUT2D eigenvalue weighted by Gasteiger charge is -2.31. The average molecular weight is 428 g/mol. The third kappa shape index (κ3) is 4.40. The van der Waals surface area contributed by atoms with Gasteiger partial charge in [0.25, 0.3) is 11.8 Å². The number of carbonyl (C=O) groups excluding carboxylic acids is 2. The van der Waals surface area contributed by atoms with Gasteiger partial charge in [-0.25, -0.2) is 4.39 Å². The van der Waals surface area contributed by atoms with E-state index in [9.17, 15) is 14.0 Å². The van der Waals surface area contributed by atoms with Gasteiger partial charge in [-0.15, -0.1) is 5.10 Å². The fraction of sp³-hybridized carbons (Fsp3) is 0.333. The molecular weight excluding hydrogens is 407 g/mol. The standard InChI is InChI=1S/C21H21FN4O3S/c22-14-6-4-9-16(12-14)26(21(28)17-13-30-25-24-17)19(18-10-5-11-29-18)20(27)23-15-7-2-1-3-8-15/h4-6,9-13,15,19H,1-3,7-8H2,(H,23,27)/t19-/m0/s1. The minimum atomic E-state index is -1.11. The Morgan fingerprint density at radius 1 is 1.20 bits per heavy atom.